The summed E-state index contributed by atoms with van der Waals surface area (Å²) in [6, 6.07) is 17.6. The van der Waals surface area contributed by atoms with E-state index in [0.29, 0.717) is 11.9 Å². The van der Waals surface area contributed by atoms with Gasteiger partial charge in [-0.15, -0.1) is 5.46 Å². The van der Waals surface area contributed by atoms with Crippen LogP contribution in [0.25, 0.3) is 0 Å². The summed E-state index contributed by atoms with van der Waals surface area (Å²) in [5.41, 5.74) is 1.38. The molecule has 1 aliphatic heterocycles. The molecule has 0 spiro atoms. The van der Waals surface area contributed by atoms with Crippen molar-refractivity contribution in [2.45, 2.75) is 12.5 Å². The van der Waals surface area contributed by atoms with Crippen LogP contribution in [0.1, 0.15) is 5.56 Å². The van der Waals surface area contributed by atoms with Crippen LogP contribution in [0.15, 0.2) is 60.7 Å². The first kappa shape index (κ1) is 13.8. The van der Waals surface area contributed by atoms with E-state index in [2.05, 4.69) is 0 Å². The molecule has 3 rings (SSSR count). The number of carbonyl (C=O) groups is 1. The largest absolute Gasteiger partial charge is 0.646 e. The van der Waals surface area contributed by atoms with Crippen molar-refractivity contribution in [1.82, 2.24) is 4.81 Å². The lowest BCUT2D eigenvalue weighted by Gasteiger charge is -2.35. The zero-order valence-electron chi connectivity index (χ0n) is 11.8. The smallest absolute Gasteiger partial charge is 0.437 e. The van der Waals surface area contributed by atoms with Crippen molar-refractivity contribution in [3.05, 3.63) is 66.2 Å². The lowest BCUT2D eigenvalue weighted by molar-refractivity contribution is -0.135. The minimum Gasteiger partial charge on any atom is -0.646 e. The third-order valence-corrected chi connectivity index (χ3v) is 4.04. The fourth-order valence-electron chi connectivity index (χ4n) is 2.77. The van der Waals surface area contributed by atoms with Crippen molar-refractivity contribution in [2.75, 3.05) is 7.05 Å². The molecule has 0 bridgehead atoms. The Morgan fingerprint density at radius 1 is 1.10 bits per heavy atom. The van der Waals surface area contributed by atoms with Gasteiger partial charge in [-0.05, 0) is 19.0 Å². The summed E-state index contributed by atoms with van der Waals surface area (Å²) in [6.45, 7) is -2.95. The Hall–Kier alpha value is -2.14. The van der Waals surface area contributed by atoms with Crippen LogP contribution < -0.4 is 5.46 Å². The SMILES string of the molecule is CN1[C@@H](Cc2ccccc2)C(=O)O[B-]1(F)c1ccccc1. The molecule has 3 nitrogen and oxygen atoms in total. The second kappa shape index (κ2) is 5.33. The molecule has 2 aromatic carbocycles. The van der Waals surface area contributed by atoms with Gasteiger partial charge in [-0.2, -0.15) is 0 Å². The first-order valence-electron chi connectivity index (χ1n) is 6.99. The van der Waals surface area contributed by atoms with Gasteiger partial charge in [-0.25, -0.2) is 0 Å². The Bertz CT molecular complexity index is 637. The lowest BCUT2D eigenvalue weighted by Crippen LogP contribution is -2.57. The van der Waals surface area contributed by atoms with Crippen molar-refractivity contribution < 1.29 is 13.8 Å². The molecule has 0 aliphatic carbocycles. The molecule has 108 valence electrons. The molecule has 0 radical (unpaired) electrons. The van der Waals surface area contributed by atoms with E-state index >= 15 is 4.32 Å². The number of hydrogen-bond acceptors (Lipinski definition) is 3. The number of benzene rings is 2. The number of likely N-dealkylation sites (N-methyl/N-ethyl adjacent to an activating group) is 1. The maximum Gasteiger partial charge on any atom is 0.437 e. The van der Waals surface area contributed by atoms with E-state index in [1.807, 2.05) is 30.3 Å². The maximum absolute atomic E-state index is 15.2. The van der Waals surface area contributed by atoms with Gasteiger partial charge >= 0.3 is 6.76 Å². The van der Waals surface area contributed by atoms with Gasteiger partial charge in [-0.1, -0.05) is 60.7 Å². The van der Waals surface area contributed by atoms with Gasteiger partial charge in [0.05, 0.1) is 6.04 Å². The highest BCUT2D eigenvalue weighted by Gasteiger charge is 2.48. The summed E-state index contributed by atoms with van der Waals surface area (Å²) in [5, 5.41) is 0. The molecular formula is C16H16BFNO2-. The minimum atomic E-state index is -2.95. The molecule has 0 saturated carbocycles. The Kier molecular flexibility index (Phi) is 3.51. The van der Waals surface area contributed by atoms with Gasteiger partial charge in [0.15, 0.2) is 0 Å². The predicted octanol–water partition coefficient (Wildman–Crippen LogP) is 1.90. The molecule has 1 heterocycles. The molecule has 0 N–H and O–H groups in total. The van der Waals surface area contributed by atoms with Crippen LogP contribution in [0.5, 0.6) is 0 Å². The van der Waals surface area contributed by atoms with E-state index in [1.54, 1.807) is 37.4 Å². The molecular weight excluding hydrogens is 268 g/mol. The van der Waals surface area contributed by atoms with Crippen LogP contribution in [-0.4, -0.2) is 30.6 Å². The van der Waals surface area contributed by atoms with Gasteiger partial charge < -0.3 is 13.8 Å². The standard InChI is InChI=1S/C16H16BFNO2/c1-19-15(12-13-8-4-2-5-9-13)16(20)21-17(19,18)14-10-6-3-7-11-14/h2-11,15H,12H2,1H3/q-1/t15-,17?/m0/s1. The summed E-state index contributed by atoms with van der Waals surface area (Å²) in [6.07, 6.45) is 0.441. The monoisotopic (exact) mass is 284 g/mol. The first-order chi connectivity index (χ1) is 10.1. The van der Waals surface area contributed by atoms with Gasteiger partial charge in [-0.3, -0.25) is 4.79 Å². The van der Waals surface area contributed by atoms with Crippen molar-refractivity contribution in [2.24, 2.45) is 0 Å². The highest BCUT2D eigenvalue weighted by atomic mass is 19.1. The summed E-state index contributed by atoms with van der Waals surface area (Å²) in [5.74, 6) is -0.507. The fraction of sp³-hybridized carbons (Fsp3) is 0.188. The van der Waals surface area contributed by atoms with E-state index < -0.39 is 18.8 Å². The van der Waals surface area contributed by atoms with Gasteiger partial charge in [0.1, 0.15) is 0 Å². The molecule has 1 fully saturated rings. The van der Waals surface area contributed by atoms with Crippen LogP contribution in [0.2, 0.25) is 0 Å². The Morgan fingerprint density at radius 3 is 2.29 bits per heavy atom. The quantitative estimate of drug-likeness (QED) is 0.806. The summed E-state index contributed by atoms with van der Waals surface area (Å²) in [7, 11) is 1.60. The zero-order valence-corrected chi connectivity index (χ0v) is 11.8. The Balaban J connectivity index is 1.87. The topological polar surface area (TPSA) is 29.5 Å². The average Bonchev–Trinajstić information content (AvgIpc) is 2.74. The third-order valence-electron chi connectivity index (χ3n) is 4.04. The van der Waals surface area contributed by atoms with Crippen molar-refractivity contribution in [3.8, 4) is 0 Å². The zero-order chi connectivity index (χ0) is 14.9. The molecule has 2 aromatic rings. The van der Waals surface area contributed by atoms with Crippen molar-refractivity contribution >= 4 is 18.2 Å². The number of rotatable bonds is 3. The predicted molar refractivity (Wildman–Crippen MR) is 80.7 cm³/mol. The second-order valence-electron chi connectivity index (χ2n) is 5.37. The minimum absolute atomic E-state index is 0.393. The summed E-state index contributed by atoms with van der Waals surface area (Å²) < 4.78 is 20.3. The molecule has 1 aliphatic rings. The van der Waals surface area contributed by atoms with Gasteiger partial charge in [0.25, 0.3) is 5.97 Å². The third kappa shape index (κ3) is 2.45. The normalized spacial score (nSPS) is 25.8. The molecule has 21 heavy (non-hydrogen) atoms. The summed E-state index contributed by atoms with van der Waals surface area (Å²) in [4.78, 5) is 13.5. The molecule has 0 aromatic heterocycles. The fourth-order valence-corrected chi connectivity index (χ4v) is 2.77. The average molecular weight is 284 g/mol. The Labute approximate surface area is 123 Å². The summed E-state index contributed by atoms with van der Waals surface area (Å²) >= 11 is 0. The Morgan fingerprint density at radius 2 is 1.67 bits per heavy atom. The number of hydrogen-bond donors (Lipinski definition) is 0. The second-order valence-corrected chi connectivity index (χ2v) is 5.37. The number of carbonyl (C=O) groups excluding carboxylic acids is 1. The van der Waals surface area contributed by atoms with E-state index in [9.17, 15) is 4.79 Å². The van der Waals surface area contributed by atoms with Gasteiger partial charge in [0.2, 0.25) is 0 Å². The molecule has 1 unspecified atom stereocenters. The maximum atomic E-state index is 15.2. The molecule has 0 amide bonds. The van der Waals surface area contributed by atoms with E-state index in [-0.39, 0.29) is 0 Å². The highest BCUT2D eigenvalue weighted by Crippen LogP contribution is 2.26. The van der Waals surface area contributed by atoms with Gasteiger partial charge in [0, 0.05) is 0 Å². The van der Waals surface area contributed by atoms with Crippen LogP contribution in [-0.2, 0) is 15.9 Å². The first-order valence-corrected chi connectivity index (χ1v) is 6.99. The lowest BCUT2D eigenvalue weighted by atomic mass is 9.66. The van der Waals surface area contributed by atoms with Crippen LogP contribution in [0, 0.1) is 0 Å². The molecule has 1 saturated heterocycles. The number of nitrogens with zero attached hydrogens (tertiary/aromatic N) is 1. The molecule has 2 atom stereocenters. The highest BCUT2D eigenvalue weighted by molar-refractivity contribution is 6.80. The van der Waals surface area contributed by atoms with Crippen LogP contribution >= 0.6 is 0 Å². The van der Waals surface area contributed by atoms with Crippen LogP contribution in [0.3, 0.4) is 0 Å². The van der Waals surface area contributed by atoms with E-state index in [1.165, 1.54) is 4.81 Å². The molecule has 5 heteroatoms. The van der Waals surface area contributed by atoms with E-state index in [4.69, 9.17) is 4.65 Å². The van der Waals surface area contributed by atoms with Crippen molar-refractivity contribution in [1.29, 1.82) is 0 Å². The van der Waals surface area contributed by atoms with Crippen molar-refractivity contribution in [3.63, 3.8) is 0 Å². The number of halogens is 1. The van der Waals surface area contributed by atoms with E-state index in [0.717, 1.165) is 5.56 Å². The van der Waals surface area contributed by atoms with Crippen LogP contribution in [0.4, 0.5) is 4.32 Å².